The number of aryl methyl sites for hydroxylation is 1. The molecule has 0 bridgehead atoms. The van der Waals surface area contributed by atoms with Crippen LogP contribution in [0.2, 0.25) is 0 Å². The molecule has 4 rings (SSSR count). The predicted octanol–water partition coefficient (Wildman–Crippen LogP) is 5.22. The third-order valence-electron chi connectivity index (χ3n) is 6.92. The van der Waals surface area contributed by atoms with Gasteiger partial charge in [0.25, 0.3) is 10.0 Å². The molecule has 0 spiro atoms. The van der Waals surface area contributed by atoms with E-state index in [1.165, 1.54) is 35.7 Å². The minimum Gasteiger partial charge on any atom is -0.492 e. The second-order valence-corrected chi connectivity index (χ2v) is 11.1. The fourth-order valence-corrected chi connectivity index (χ4v) is 6.63. The number of esters is 1. The molecule has 0 radical (unpaired) electrons. The zero-order valence-corrected chi connectivity index (χ0v) is 21.5. The topological polar surface area (TPSA) is 82.1 Å². The van der Waals surface area contributed by atoms with Crippen LogP contribution in [0, 0.1) is 5.92 Å². The summed E-state index contributed by atoms with van der Waals surface area (Å²) < 4.78 is 84.9. The summed E-state index contributed by atoms with van der Waals surface area (Å²) in [5, 5.41) is 0. The van der Waals surface area contributed by atoms with Gasteiger partial charge in [0, 0.05) is 19.3 Å². The molecule has 7 nitrogen and oxygen atoms in total. The lowest BCUT2D eigenvalue weighted by atomic mass is 9.95. The van der Waals surface area contributed by atoms with Crippen LogP contribution < -0.4 is 9.04 Å². The standard InChI is InChI=1S/C26H30F3NO6S/c1-3-20-6-4-18-14-19(26(27,28)29)5-8-23(18)30(20)37(32,33)21-7-9-24(22(15-21)25(31)34-2)36-16-17-10-12-35-13-11-17/h5,7-9,14-15,17,20H,3-4,6,10-13,16H2,1-2H3. The van der Waals surface area contributed by atoms with Gasteiger partial charge < -0.3 is 14.2 Å². The van der Waals surface area contributed by atoms with Gasteiger partial charge in [0.05, 0.1) is 29.9 Å². The number of anilines is 1. The van der Waals surface area contributed by atoms with E-state index < -0.39 is 33.8 Å². The van der Waals surface area contributed by atoms with E-state index >= 15 is 0 Å². The Labute approximate surface area is 214 Å². The molecule has 1 saturated heterocycles. The second kappa shape index (κ2) is 10.9. The van der Waals surface area contributed by atoms with Crippen LogP contribution in [0.3, 0.4) is 0 Å². The highest BCUT2D eigenvalue weighted by Crippen LogP contribution is 2.40. The van der Waals surface area contributed by atoms with Crippen molar-refractivity contribution < 1.29 is 40.6 Å². The number of sulfonamides is 1. The molecule has 2 heterocycles. The molecule has 11 heteroatoms. The molecule has 0 aromatic heterocycles. The second-order valence-electron chi connectivity index (χ2n) is 9.26. The summed E-state index contributed by atoms with van der Waals surface area (Å²) >= 11 is 0. The van der Waals surface area contributed by atoms with Crippen molar-refractivity contribution in [1.29, 1.82) is 0 Å². The molecule has 0 aliphatic carbocycles. The Morgan fingerprint density at radius 2 is 1.84 bits per heavy atom. The number of ether oxygens (including phenoxy) is 3. The highest BCUT2D eigenvalue weighted by Gasteiger charge is 2.38. The molecule has 0 N–H and O–H groups in total. The van der Waals surface area contributed by atoms with Crippen LogP contribution in [0.4, 0.5) is 18.9 Å². The van der Waals surface area contributed by atoms with Gasteiger partial charge in [0.2, 0.25) is 0 Å². The van der Waals surface area contributed by atoms with Crippen molar-refractivity contribution in [3.05, 3.63) is 53.1 Å². The van der Waals surface area contributed by atoms with Gasteiger partial charge in [-0.3, -0.25) is 4.31 Å². The number of nitrogens with zero attached hydrogens (tertiary/aromatic N) is 1. The molecule has 1 unspecified atom stereocenters. The van der Waals surface area contributed by atoms with Crippen molar-refractivity contribution in [2.75, 3.05) is 31.2 Å². The number of carbonyl (C=O) groups excluding carboxylic acids is 1. The molecule has 0 saturated carbocycles. The van der Waals surface area contributed by atoms with Crippen LogP contribution in [0.15, 0.2) is 41.3 Å². The summed E-state index contributed by atoms with van der Waals surface area (Å²) in [6.07, 6.45) is -1.71. The average Bonchev–Trinajstić information content (AvgIpc) is 2.90. The lowest BCUT2D eigenvalue weighted by Crippen LogP contribution is -2.43. The molecule has 37 heavy (non-hydrogen) atoms. The monoisotopic (exact) mass is 541 g/mol. The number of methoxy groups -OCH3 is 1. The van der Waals surface area contributed by atoms with Crippen LogP contribution in [-0.2, 0) is 32.1 Å². The number of halogens is 3. The Balaban J connectivity index is 1.70. The quantitative estimate of drug-likeness (QED) is 0.447. The number of hydrogen-bond acceptors (Lipinski definition) is 6. The van der Waals surface area contributed by atoms with E-state index in [4.69, 9.17) is 14.2 Å². The Bertz CT molecular complexity index is 1240. The third kappa shape index (κ3) is 5.72. The van der Waals surface area contributed by atoms with Crippen molar-refractivity contribution in [3.8, 4) is 5.75 Å². The summed E-state index contributed by atoms with van der Waals surface area (Å²) in [5.74, 6) is -0.294. The normalized spacial score (nSPS) is 18.8. The van der Waals surface area contributed by atoms with Gasteiger partial charge in [-0.05, 0) is 80.0 Å². The number of benzene rings is 2. The SMILES string of the molecule is CCC1CCc2cc(C(F)(F)F)ccc2N1S(=O)(=O)c1ccc(OCC2CCOCC2)c(C(=O)OC)c1. The number of fused-ring (bicyclic) bond motifs is 1. The van der Waals surface area contributed by atoms with Crippen molar-refractivity contribution in [2.24, 2.45) is 5.92 Å². The van der Waals surface area contributed by atoms with Crippen molar-refractivity contribution >= 4 is 21.7 Å². The maximum atomic E-state index is 13.9. The van der Waals surface area contributed by atoms with Gasteiger partial charge in [-0.15, -0.1) is 0 Å². The van der Waals surface area contributed by atoms with Crippen molar-refractivity contribution in [1.82, 2.24) is 0 Å². The maximum absolute atomic E-state index is 13.9. The molecule has 1 atom stereocenters. The van der Waals surface area contributed by atoms with Gasteiger partial charge in [-0.2, -0.15) is 13.2 Å². The summed E-state index contributed by atoms with van der Waals surface area (Å²) in [7, 11) is -3.04. The first-order valence-corrected chi connectivity index (χ1v) is 13.7. The van der Waals surface area contributed by atoms with Gasteiger partial charge in [0.1, 0.15) is 11.3 Å². The van der Waals surface area contributed by atoms with E-state index in [1.807, 2.05) is 6.92 Å². The molecule has 2 aromatic rings. The van der Waals surface area contributed by atoms with Gasteiger partial charge in [0.15, 0.2) is 0 Å². The molecule has 2 aromatic carbocycles. The highest BCUT2D eigenvalue weighted by molar-refractivity contribution is 7.92. The van der Waals surface area contributed by atoms with Crippen molar-refractivity contribution in [2.45, 2.75) is 56.1 Å². The summed E-state index contributed by atoms with van der Waals surface area (Å²) in [6.45, 7) is 3.44. The lowest BCUT2D eigenvalue weighted by molar-refractivity contribution is -0.137. The van der Waals surface area contributed by atoms with Crippen LogP contribution in [0.1, 0.15) is 54.1 Å². The lowest BCUT2D eigenvalue weighted by Gasteiger charge is -2.37. The van der Waals surface area contributed by atoms with E-state index in [1.54, 1.807) is 0 Å². The number of alkyl halides is 3. The largest absolute Gasteiger partial charge is 0.492 e. The Hall–Kier alpha value is -2.79. The van der Waals surface area contributed by atoms with Crippen LogP contribution in [0.25, 0.3) is 0 Å². The fraction of sp³-hybridized carbons (Fsp3) is 0.500. The number of hydrogen-bond donors (Lipinski definition) is 0. The van der Waals surface area contributed by atoms with Crippen LogP contribution in [0.5, 0.6) is 5.75 Å². The Kier molecular flexibility index (Phi) is 8.03. The van der Waals surface area contributed by atoms with Gasteiger partial charge in [-0.25, -0.2) is 13.2 Å². The first kappa shape index (κ1) is 27.3. The Morgan fingerprint density at radius 3 is 2.49 bits per heavy atom. The zero-order valence-electron chi connectivity index (χ0n) is 20.7. The van der Waals surface area contributed by atoms with E-state index in [-0.39, 0.29) is 27.8 Å². The smallest absolute Gasteiger partial charge is 0.416 e. The fourth-order valence-electron chi connectivity index (χ4n) is 4.81. The highest BCUT2D eigenvalue weighted by atomic mass is 32.2. The first-order valence-electron chi connectivity index (χ1n) is 12.2. The van der Waals surface area contributed by atoms with E-state index in [0.717, 1.165) is 25.0 Å². The average molecular weight is 542 g/mol. The van der Waals surface area contributed by atoms with Gasteiger partial charge >= 0.3 is 12.1 Å². The molecule has 202 valence electrons. The summed E-state index contributed by atoms with van der Waals surface area (Å²) in [5.41, 5.74) is -0.329. The van der Waals surface area contributed by atoms with Crippen molar-refractivity contribution in [3.63, 3.8) is 0 Å². The summed E-state index contributed by atoms with van der Waals surface area (Å²) in [6, 6.07) is 6.67. The Morgan fingerprint density at radius 1 is 1.11 bits per heavy atom. The van der Waals surface area contributed by atoms with E-state index in [2.05, 4.69) is 0 Å². The van der Waals surface area contributed by atoms with Crippen LogP contribution >= 0.6 is 0 Å². The molecule has 0 amide bonds. The maximum Gasteiger partial charge on any atom is 0.416 e. The molecule has 2 aliphatic rings. The van der Waals surface area contributed by atoms with Crippen LogP contribution in [-0.4, -0.2) is 47.4 Å². The minimum atomic E-state index is -4.53. The molecule has 2 aliphatic heterocycles. The van der Waals surface area contributed by atoms with E-state index in [0.29, 0.717) is 44.6 Å². The molecular formula is C26H30F3NO6S. The van der Waals surface area contributed by atoms with Gasteiger partial charge in [-0.1, -0.05) is 6.92 Å². The zero-order chi connectivity index (χ0) is 26.8. The molecular weight excluding hydrogens is 511 g/mol. The number of rotatable bonds is 7. The first-order chi connectivity index (χ1) is 17.6. The molecule has 1 fully saturated rings. The third-order valence-corrected chi connectivity index (χ3v) is 8.79. The summed E-state index contributed by atoms with van der Waals surface area (Å²) in [4.78, 5) is 12.4. The van der Waals surface area contributed by atoms with E-state index in [9.17, 15) is 26.4 Å². The minimum absolute atomic E-state index is 0.0339. The predicted molar refractivity (Wildman–Crippen MR) is 130 cm³/mol. The number of carbonyl (C=O) groups is 1.